The summed E-state index contributed by atoms with van der Waals surface area (Å²) in [6.45, 7) is 3.06. The minimum atomic E-state index is -0.0751. The minimum Gasteiger partial charge on any atom is -0.384 e. The number of ether oxygens (including phenoxy) is 2. The maximum absolute atomic E-state index is 12.7. The highest BCUT2D eigenvalue weighted by molar-refractivity contribution is 5.79. The molecule has 7 nitrogen and oxygen atoms in total. The molecule has 28 heavy (non-hydrogen) atoms. The van der Waals surface area contributed by atoms with Gasteiger partial charge in [-0.15, -0.1) is 0 Å². The lowest BCUT2D eigenvalue weighted by atomic mass is 9.78. The molecular weight excluding hydrogens is 358 g/mol. The number of hydrogen-bond acceptors (Lipinski definition) is 6. The highest BCUT2D eigenvalue weighted by atomic mass is 16.5. The van der Waals surface area contributed by atoms with Crippen LogP contribution in [0.2, 0.25) is 0 Å². The number of carbonyl (C=O) groups excluding carboxylic acids is 1. The van der Waals surface area contributed by atoms with Gasteiger partial charge < -0.3 is 18.9 Å². The van der Waals surface area contributed by atoms with Crippen molar-refractivity contribution < 1.29 is 18.8 Å². The molecule has 1 aromatic rings. The first-order valence-electron chi connectivity index (χ1n) is 10.9. The fraction of sp³-hybridized carbons (Fsp3) is 0.857. The SMILES string of the molecule is COCCc1noc(CC2CCOC3(CCN(C(=O)C4CCCC4)CC3)C2)n1. The van der Waals surface area contributed by atoms with E-state index < -0.39 is 0 Å². The monoisotopic (exact) mass is 391 g/mol. The van der Waals surface area contributed by atoms with Gasteiger partial charge >= 0.3 is 0 Å². The van der Waals surface area contributed by atoms with E-state index in [4.69, 9.17) is 14.0 Å². The Labute approximate surface area is 167 Å². The van der Waals surface area contributed by atoms with Crippen LogP contribution >= 0.6 is 0 Å². The fourth-order valence-electron chi connectivity index (χ4n) is 5.13. The van der Waals surface area contributed by atoms with Crippen molar-refractivity contribution in [2.45, 2.75) is 69.8 Å². The molecule has 1 saturated carbocycles. The normalized spacial score (nSPS) is 25.5. The first kappa shape index (κ1) is 19.8. The maximum Gasteiger partial charge on any atom is 0.226 e. The summed E-state index contributed by atoms with van der Waals surface area (Å²) in [5.74, 6) is 2.61. The Morgan fingerprint density at radius 1 is 1.25 bits per heavy atom. The molecule has 0 bridgehead atoms. The molecule has 1 amide bonds. The van der Waals surface area contributed by atoms with Crippen LogP contribution in [0.5, 0.6) is 0 Å². The Balaban J connectivity index is 1.29. The van der Waals surface area contributed by atoms with Crippen LogP contribution in [0.4, 0.5) is 0 Å². The number of aromatic nitrogens is 2. The van der Waals surface area contributed by atoms with Gasteiger partial charge in [-0.05, 0) is 44.4 Å². The van der Waals surface area contributed by atoms with Crippen molar-refractivity contribution in [2.75, 3.05) is 33.4 Å². The van der Waals surface area contributed by atoms with Crippen LogP contribution < -0.4 is 0 Å². The number of carbonyl (C=O) groups is 1. The zero-order valence-electron chi connectivity index (χ0n) is 17.0. The van der Waals surface area contributed by atoms with Crippen molar-refractivity contribution in [3.63, 3.8) is 0 Å². The lowest BCUT2D eigenvalue weighted by molar-refractivity contribution is -0.150. The van der Waals surface area contributed by atoms with Crippen LogP contribution in [-0.4, -0.2) is 60.0 Å². The molecule has 1 spiro atoms. The van der Waals surface area contributed by atoms with Gasteiger partial charge in [0.15, 0.2) is 5.82 Å². The number of rotatable bonds is 6. The fourth-order valence-corrected chi connectivity index (χ4v) is 5.13. The summed E-state index contributed by atoms with van der Waals surface area (Å²) in [6, 6.07) is 0. The molecule has 1 aromatic heterocycles. The molecule has 4 rings (SSSR count). The van der Waals surface area contributed by atoms with Crippen LogP contribution in [0.3, 0.4) is 0 Å². The summed E-state index contributed by atoms with van der Waals surface area (Å²) in [6.07, 6.45) is 10.0. The lowest BCUT2D eigenvalue weighted by Gasteiger charge is -2.46. The smallest absolute Gasteiger partial charge is 0.226 e. The van der Waals surface area contributed by atoms with E-state index in [0.29, 0.717) is 24.9 Å². The second-order valence-electron chi connectivity index (χ2n) is 8.75. The number of methoxy groups -OCH3 is 1. The molecule has 7 heteroatoms. The van der Waals surface area contributed by atoms with Crippen LogP contribution in [0, 0.1) is 11.8 Å². The van der Waals surface area contributed by atoms with Gasteiger partial charge in [0.05, 0.1) is 12.2 Å². The highest BCUT2D eigenvalue weighted by Gasteiger charge is 2.42. The van der Waals surface area contributed by atoms with E-state index in [1.165, 1.54) is 12.8 Å². The third-order valence-corrected chi connectivity index (χ3v) is 6.79. The Kier molecular flexibility index (Phi) is 6.31. The number of piperidine rings is 1. The van der Waals surface area contributed by atoms with Crippen molar-refractivity contribution >= 4 is 5.91 Å². The predicted molar refractivity (Wildman–Crippen MR) is 103 cm³/mol. The van der Waals surface area contributed by atoms with Gasteiger partial charge in [0.25, 0.3) is 0 Å². The van der Waals surface area contributed by atoms with E-state index in [0.717, 1.165) is 76.4 Å². The Morgan fingerprint density at radius 3 is 2.79 bits per heavy atom. The summed E-state index contributed by atoms with van der Waals surface area (Å²) < 4.78 is 16.8. The lowest BCUT2D eigenvalue weighted by Crippen LogP contribution is -2.51. The van der Waals surface area contributed by atoms with Gasteiger partial charge in [0.1, 0.15) is 0 Å². The van der Waals surface area contributed by atoms with E-state index in [9.17, 15) is 4.79 Å². The van der Waals surface area contributed by atoms with Gasteiger partial charge in [-0.2, -0.15) is 4.98 Å². The standard InChI is InChI=1S/C21H33N3O4/c1-26-12-7-18-22-19(28-23-18)14-16-6-13-27-21(15-16)8-10-24(11-9-21)20(25)17-4-2-3-5-17/h16-17H,2-15H2,1H3. The van der Waals surface area contributed by atoms with Gasteiger partial charge in [-0.1, -0.05) is 18.0 Å². The van der Waals surface area contributed by atoms with E-state index in [1.54, 1.807) is 7.11 Å². The molecule has 3 fully saturated rings. The zero-order chi connectivity index (χ0) is 19.4. The quantitative estimate of drug-likeness (QED) is 0.742. The molecule has 156 valence electrons. The Bertz CT molecular complexity index is 648. The summed E-state index contributed by atoms with van der Waals surface area (Å²) in [5.41, 5.74) is -0.0751. The minimum absolute atomic E-state index is 0.0751. The summed E-state index contributed by atoms with van der Waals surface area (Å²) in [4.78, 5) is 19.3. The molecule has 0 N–H and O–H groups in total. The molecule has 3 aliphatic rings. The van der Waals surface area contributed by atoms with Crippen LogP contribution in [-0.2, 0) is 27.1 Å². The molecular formula is C21H33N3O4. The van der Waals surface area contributed by atoms with Crippen LogP contribution in [0.25, 0.3) is 0 Å². The Hall–Kier alpha value is -1.47. The third kappa shape index (κ3) is 4.57. The van der Waals surface area contributed by atoms with Crippen LogP contribution in [0.1, 0.15) is 63.1 Å². The summed E-state index contributed by atoms with van der Waals surface area (Å²) in [7, 11) is 1.68. The molecule has 0 radical (unpaired) electrons. The summed E-state index contributed by atoms with van der Waals surface area (Å²) >= 11 is 0. The number of hydrogen-bond donors (Lipinski definition) is 0. The first-order chi connectivity index (χ1) is 13.7. The predicted octanol–water partition coefficient (Wildman–Crippen LogP) is 2.78. The van der Waals surface area contributed by atoms with Gasteiger partial charge in [0, 0.05) is 45.6 Å². The molecule has 1 unspecified atom stereocenters. The molecule has 3 heterocycles. The third-order valence-electron chi connectivity index (χ3n) is 6.79. The first-order valence-corrected chi connectivity index (χ1v) is 10.9. The van der Waals surface area contributed by atoms with Crippen molar-refractivity contribution in [2.24, 2.45) is 11.8 Å². The topological polar surface area (TPSA) is 77.7 Å². The second kappa shape index (κ2) is 8.91. The molecule has 1 aliphatic carbocycles. The molecule has 1 atom stereocenters. The van der Waals surface area contributed by atoms with E-state index in [2.05, 4.69) is 15.0 Å². The Morgan fingerprint density at radius 2 is 2.04 bits per heavy atom. The number of likely N-dealkylation sites (tertiary alicyclic amines) is 1. The van der Waals surface area contributed by atoms with Crippen molar-refractivity contribution in [3.8, 4) is 0 Å². The second-order valence-corrected chi connectivity index (χ2v) is 8.75. The number of nitrogens with zero attached hydrogens (tertiary/aromatic N) is 3. The highest BCUT2D eigenvalue weighted by Crippen LogP contribution is 2.39. The van der Waals surface area contributed by atoms with Gasteiger partial charge in [-0.3, -0.25) is 4.79 Å². The zero-order valence-corrected chi connectivity index (χ0v) is 17.0. The van der Waals surface area contributed by atoms with E-state index >= 15 is 0 Å². The van der Waals surface area contributed by atoms with Gasteiger partial charge in [0.2, 0.25) is 11.8 Å². The largest absolute Gasteiger partial charge is 0.384 e. The van der Waals surface area contributed by atoms with E-state index in [1.807, 2.05) is 0 Å². The molecule has 2 saturated heterocycles. The van der Waals surface area contributed by atoms with Gasteiger partial charge in [-0.25, -0.2) is 0 Å². The van der Waals surface area contributed by atoms with Crippen molar-refractivity contribution in [3.05, 3.63) is 11.7 Å². The van der Waals surface area contributed by atoms with E-state index in [-0.39, 0.29) is 11.5 Å². The molecule has 0 aromatic carbocycles. The summed E-state index contributed by atoms with van der Waals surface area (Å²) in [5, 5.41) is 4.05. The maximum atomic E-state index is 12.7. The van der Waals surface area contributed by atoms with Crippen LogP contribution in [0.15, 0.2) is 4.52 Å². The van der Waals surface area contributed by atoms with Crippen molar-refractivity contribution in [1.82, 2.24) is 15.0 Å². The average molecular weight is 392 g/mol. The average Bonchev–Trinajstić information content (AvgIpc) is 3.39. The number of amides is 1. The molecule has 2 aliphatic heterocycles. The van der Waals surface area contributed by atoms with Crippen molar-refractivity contribution in [1.29, 1.82) is 0 Å².